The Bertz CT molecular complexity index is 716. The highest BCUT2D eigenvalue weighted by molar-refractivity contribution is 5.89. The molecule has 1 fully saturated rings. The number of hydrogen-bond acceptors (Lipinski definition) is 4. The molecule has 2 aromatic rings. The van der Waals surface area contributed by atoms with Gasteiger partial charge in [0.05, 0.1) is 19.8 Å². The second kappa shape index (κ2) is 5.71. The molecule has 0 bridgehead atoms. The van der Waals surface area contributed by atoms with Crippen LogP contribution in [-0.4, -0.2) is 41.6 Å². The van der Waals surface area contributed by atoms with Crippen LogP contribution in [0.25, 0.3) is 11.0 Å². The number of carboxylic acids is 1. The molecule has 1 aliphatic rings. The lowest BCUT2D eigenvalue weighted by Crippen LogP contribution is -2.38. The van der Waals surface area contributed by atoms with Gasteiger partial charge >= 0.3 is 5.97 Å². The summed E-state index contributed by atoms with van der Waals surface area (Å²) in [5.41, 5.74) is 1.41. The highest BCUT2D eigenvalue weighted by Gasteiger charge is 2.33. The maximum atomic E-state index is 12.4. The normalized spacial score (nSPS) is 14.0. The van der Waals surface area contributed by atoms with Crippen LogP contribution in [0.1, 0.15) is 18.4 Å². The minimum atomic E-state index is -0.984. The number of ether oxygens (including phenoxy) is 1. The second-order valence-corrected chi connectivity index (χ2v) is 5.45. The number of hydrogen-bond donors (Lipinski definition) is 1. The first kappa shape index (κ1) is 14.4. The molecule has 0 spiro atoms. The molecule has 0 unspecified atom stereocenters. The van der Waals surface area contributed by atoms with E-state index in [-0.39, 0.29) is 24.9 Å². The van der Waals surface area contributed by atoms with Gasteiger partial charge in [-0.15, -0.1) is 0 Å². The predicted molar refractivity (Wildman–Crippen MR) is 78.8 cm³/mol. The third-order valence-corrected chi connectivity index (χ3v) is 3.82. The third kappa shape index (κ3) is 2.90. The highest BCUT2D eigenvalue weighted by atomic mass is 16.5. The highest BCUT2D eigenvalue weighted by Crippen LogP contribution is 2.29. The lowest BCUT2D eigenvalue weighted by molar-refractivity contribution is -0.144. The van der Waals surface area contributed by atoms with E-state index < -0.39 is 5.97 Å². The minimum absolute atomic E-state index is 0.0712. The Morgan fingerprint density at radius 3 is 2.82 bits per heavy atom. The Labute approximate surface area is 127 Å². The summed E-state index contributed by atoms with van der Waals surface area (Å²) in [5, 5.41) is 9.79. The van der Waals surface area contributed by atoms with Crippen molar-refractivity contribution in [3.8, 4) is 5.75 Å². The van der Waals surface area contributed by atoms with Crippen molar-refractivity contribution in [3.63, 3.8) is 0 Å². The first-order valence-corrected chi connectivity index (χ1v) is 7.14. The van der Waals surface area contributed by atoms with Gasteiger partial charge in [0.2, 0.25) is 5.91 Å². The van der Waals surface area contributed by atoms with Gasteiger partial charge < -0.3 is 19.2 Å². The average Bonchev–Trinajstić information content (AvgIpc) is 3.26. The van der Waals surface area contributed by atoms with Gasteiger partial charge in [0.25, 0.3) is 0 Å². The van der Waals surface area contributed by atoms with E-state index >= 15 is 0 Å². The molecular formula is C16H17NO5. The fourth-order valence-corrected chi connectivity index (χ4v) is 2.54. The van der Waals surface area contributed by atoms with E-state index in [0.717, 1.165) is 23.8 Å². The molecule has 3 rings (SSSR count). The van der Waals surface area contributed by atoms with E-state index in [0.29, 0.717) is 11.3 Å². The van der Waals surface area contributed by atoms with Crippen molar-refractivity contribution < 1.29 is 23.8 Å². The van der Waals surface area contributed by atoms with Crippen LogP contribution in [0.3, 0.4) is 0 Å². The Balaban J connectivity index is 1.79. The predicted octanol–water partition coefficient (Wildman–Crippen LogP) is 2.06. The van der Waals surface area contributed by atoms with Gasteiger partial charge in [0.1, 0.15) is 17.9 Å². The lowest BCUT2D eigenvalue weighted by Gasteiger charge is -2.19. The summed E-state index contributed by atoms with van der Waals surface area (Å²) >= 11 is 0. The number of benzene rings is 1. The fourth-order valence-electron chi connectivity index (χ4n) is 2.54. The molecule has 0 aliphatic heterocycles. The number of methoxy groups -OCH3 is 1. The van der Waals surface area contributed by atoms with E-state index in [1.165, 1.54) is 4.90 Å². The van der Waals surface area contributed by atoms with Crippen LogP contribution in [0, 0.1) is 0 Å². The van der Waals surface area contributed by atoms with Crippen molar-refractivity contribution in [2.45, 2.75) is 25.3 Å². The zero-order valence-corrected chi connectivity index (χ0v) is 12.2. The standard InChI is InChI=1S/C16H17NO5/c1-21-12-4-5-13-10(9-22-14(13)7-12)6-15(18)17(8-16(19)20)11-2-3-11/h4-5,7,9,11H,2-3,6,8H2,1H3,(H,19,20). The van der Waals surface area contributed by atoms with Crippen LogP contribution < -0.4 is 4.74 Å². The topological polar surface area (TPSA) is 80.0 Å². The van der Waals surface area contributed by atoms with Gasteiger partial charge in [-0.3, -0.25) is 9.59 Å². The van der Waals surface area contributed by atoms with Crippen molar-refractivity contribution in [1.82, 2.24) is 4.90 Å². The second-order valence-electron chi connectivity index (χ2n) is 5.45. The molecule has 116 valence electrons. The van der Waals surface area contributed by atoms with Gasteiger partial charge in [-0.2, -0.15) is 0 Å². The molecule has 1 heterocycles. The molecule has 0 saturated heterocycles. The van der Waals surface area contributed by atoms with Crippen molar-refractivity contribution in [1.29, 1.82) is 0 Å². The largest absolute Gasteiger partial charge is 0.497 e. The molecule has 1 aliphatic carbocycles. The molecule has 1 saturated carbocycles. The minimum Gasteiger partial charge on any atom is -0.497 e. The summed E-state index contributed by atoms with van der Waals surface area (Å²) in [6.45, 7) is -0.243. The van der Waals surface area contributed by atoms with Crippen LogP contribution >= 0.6 is 0 Å². The first-order chi connectivity index (χ1) is 10.6. The Morgan fingerprint density at radius 2 is 2.18 bits per heavy atom. The van der Waals surface area contributed by atoms with E-state index in [2.05, 4.69) is 0 Å². The Hall–Kier alpha value is -2.50. The zero-order valence-electron chi connectivity index (χ0n) is 12.2. The molecule has 0 radical (unpaired) electrons. The first-order valence-electron chi connectivity index (χ1n) is 7.14. The number of carbonyl (C=O) groups is 2. The number of amides is 1. The molecule has 1 N–H and O–H groups in total. The van der Waals surface area contributed by atoms with E-state index in [1.54, 1.807) is 19.4 Å². The third-order valence-electron chi connectivity index (χ3n) is 3.82. The summed E-state index contributed by atoms with van der Waals surface area (Å²) in [7, 11) is 1.58. The summed E-state index contributed by atoms with van der Waals surface area (Å²) < 4.78 is 10.6. The lowest BCUT2D eigenvalue weighted by atomic mass is 10.1. The average molecular weight is 303 g/mol. The summed E-state index contributed by atoms with van der Waals surface area (Å²) in [5.74, 6) is -0.476. The van der Waals surface area contributed by atoms with Crippen LogP contribution in [-0.2, 0) is 16.0 Å². The molecule has 22 heavy (non-hydrogen) atoms. The summed E-state index contributed by atoms with van der Waals surface area (Å²) in [4.78, 5) is 24.7. The SMILES string of the molecule is COc1ccc2c(CC(=O)N(CC(=O)O)C3CC3)coc2c1. The number of carboxylic acid groups (broad SMARTS) is 1. The summed E-state index contributed by atoms with van der Waals surface area (Å²) in [6.07, 6.45) is 3.45. The van der Waals surface area contributed by atoms with Gasteiger partial charge in [-0.1, -0.05) is 0 Å². The maximum Gasteiger partial charge on any atom is 0.323 e. The summed E-state index contributed by atoms with van der Waals surface area (Å²) in [6, 6.07) is 5.49. The van der Waals surface area contributed by atoms with Crippen molar-refractivity contribution >= 4 is 22.8 Å². The van der Waals surface area contributed by atoms with Gasteiger partial charge in [-0.05, 0) is 25.0 Å². The van der Waals surface area contributed by atoms with Crippen molar-refractivity contribution in [2.75, 3.05) is 13.7 Å². The smallest absolute Gasteiger partial charge is 0.323 e. The maximum absolute atomic E-state index is 12.4. The van der Waals surface area contributed by atoms with Crippen LogP contribution in [0.4, 0.5) is 0 Å². The monoisotopic (exact) mass is 303 g/mol. The fraction of sp³-hybridized carbons (Fsp3) is 0.375. The molecule has 0 atom stereocenters. The van der Waals surface area contributed by atoms with Crippen molar-refractivity contribution in [2.24, 2.45) is 0 Å². The molecular weight excluding hydrogens is 286 g/mol. The zero-order chi connectivity index (χ0) is 15.7. The molecule has 1 amide bonds. The quantitative estimate of drug-likeness (QED) is 0.883. The number of carbonyl (C=O) groups excluding carboxylic acids is 1. The number of furan rings is 1. The van der Waals surface area contributed by atoms with Crippen LogP contribution in [0.5, 0.6) is 5.75 Å². The molecule has 6 nitrogen and oxygen atoms in total. The number of rotatable bonds is 6. The van der Waals surface area contributed by atoms with Crippen LogP contribution in [0.15, 0.2) is 28.9 Å². The van der Waals surface area contributed by atoms with Gasteiger partial charge in [0, 0.05) is 23.1 Å². The number of nitrogens with zero attached hydrogens (tertiary/aromatic N) is 1. The van der Waals surface area contributed by atoms with E-state index in [4.69, 9.17) is 14.3 Å². The molecule has 1 aromatic heterocycles. The Kier molecular flexibility index (Phi) is 3.75. The molecule has 6 heteroatoms. The van der Waals surface area contributed by atoms with Crippen molar-refractivity contribution in [3.05, 3.63) is 30.0 Å². The van der Waals surface area contributed by atoms with Gasteiger partial charge in [0.15, 0.2) is 0 Å². The van der Waals surface area contributed by atoms with Crippen LogP contribution in [0.2, 0.25) is 0 Å². The number of fused-ring (bicyclic) bond motifs is 1. The Morgan fingerprint density at radius 1 is 1.41 bits per heavy atom. The van der Waals surface area contributed by atoms with E-state index in [1.807, 2.05) is 12.1 Å². The number of aliphatic carboxylic acids is 1. The van der Waals surface area contributed by atoms with Gasteiger partial charge in [-0.25, -0.2) is 0 Å². The van der Waals surface area contributed by atoms with E-state index in [9.17, 15) is 9.59 Å². The molecule has 1 aromatic carbocycles.